The molecule has 8 aromatic carbocycles. The van der Waals surface area contributed by atoms with Gasteiger partial charge in [-0.2, -0.15) is 0 Å². The number of benzene rings is 8. The maximum atomic E-state index is 14.0. The van der Waals surface area contributed by atoms with Gasteiger partial charge in [0.2, 0.25) is 0 Å². The van der Waals surface area contributed by atoms with Crippen molar-refractivity contribution in [3.8, 4) is 0 Å². The zero-order valence-corrected chi connectivity index (χ0v) is 24.4. The van der Waals surface area contributed by atoms with Crippen LogP contribution in [0, 0.1) is 0 Å². The summed E-state index contributed by atoms with van der Waals surface area (Å²) in [5, 5.41) is 12.6. The minimum atomic E-state index is -0.0312. The molecule has 0 saturated carbocycles. The third kappa shape index (κ3) is 2.47. The lowest BCUT2D eigenvalue weighted by Crippen LogP contribution is -2.07. The molecule has 36 heavy (non-hydrogen) atoms. The molecule has 8 aromatic rings. The molecule has 0 spiro atoms. The van der Waals surface area contributed by atoms with Gasteiger partial charge in [0.1, 0.15) is 0 Å². The second kappa shape index (κ2) is 7.13. The first-order chi connectivity index (χ1) is 17.4. The Kier molecular flexibility index (Phi) is 4.30. The summed E-state index contributed by atoms with van der Waals surface area (Å²) >= 11 is 14.9. The molecule has 0 radical (unpaired) electrons. The molecule has 170 valence electrons. The molecule has 8 rings (SSSR count). The monoisotopic (exact) mass is 718 g/mol. The van der Waals surface area contributed by atoms with E-state index >= 15 is 0 Å². The van der Waals surface area contributed by atoms with Crippen molar-refractivity contribution in [1.29, 1.82) is 0 Å². The van der Waals surface area contributed by atoms with Crippen LogP contribution in [0.4, 0.5) is 0 Å². The summed E-state index contributed by atoms with van der Waals surface area (Å²) in [5.41, 5.74) is 0.00875. The average molecular weight is 722 g/mol. The number of hydrogen-bond acceptors (Lipinski definition) is 2. The SMILES string of the molecule is O=c1c2ccccc2c2cc3c(Br)c(Br)c4c(=O)c5c(Br)cc(Br)cc5c5cc6ccc1c2c6c3c45. The molecule has 0 bridgehead atoms. The van der Waals surface area contributed by atoms with Crippen LogP contribution in [0.3, 0.4) is 0 Å². The lowest BCUT2D eigenvalue weighted by Gasteiger charge is -2.20. The van der Waals surface area contributed by atoms with Gasteiger partial charge >= 0.3 is 0 Å². The molecular formula is C30H10Br4O2. The van der Waals surface area contributed by atoms with Crippen molar-refractivity contribution in [1.82, 2.24) is 0 Å². The molecule has 0 aromatic heterocycles. The minimum absolute atomic E-state index is 0.0312. The first-order valence-corrected chi connectivity index (χ1v) is 14.4. The smallest absolute Gasteiger partial charge is 0.196 e. The van der Waals surface area contributed by atoms with Crippen LogP contribution in [0.25, 0.3) is 75.4 Å². The minimum Gasteiger partial charge on any atom is -0.289 e. The molecule has 0 fully saturated rings. The van der Waals surface area contributed by atoms with Crippen LogP contribution in [0.5, 0.6) is 0 Å². The normalized spacial score (nSPS) is 12.7. The van der Waals surface area contributed by atoms with Gasteiger partial charge in [0.05, 0.1) is 0 Å². The van der Waals surface area contributed by atoms with Crippen LogP contribution in [0.1, 0.15) is 0 Å². The lowest BCUT2D eigenvalue weighted by atomic mass is 9.84. The topological polar surface area (TPSA) is 34.1 Å². The summed E-state index contributed by atoms with van der Waals surface area (Å²) in [6.07, 6.45) is 0. The fourth-order valence-electron chi connectivity index (χ4n) is 6.13. The number of fused-ring (bicyclic) bond motifs is 4. The first-order valence-electron chi connectivity index (χ1n) is 11.2. The molecule has 6 heteroatoms. The van der Waals surface area contributed by atoms with Gasteiger partial charge in [-0.15, -0.1) is 0 Å². The van der Waals surface area contributed by atoms with Crippen LogP contribution >= 0.6 is 63.7 Å². The van der Waals surface area contributed by atoms with Crippen molar-refractivity contribution < 1.29 is 0 Å². The Labute approximate surface area is 236 Å². The maximum absolute atomic E-state index is 14.0. The van der Waals surface area contributed by atoms with E-state index in [0.717, 1.165) is 77.1 Å². The summed E-state index contributed by atoms with van der Waals surface area (Å²) in [5.74, 6) is 0. The summed E-state index contributed by atoms with van der Waals surface area (Å²) < 4.78 is 3.24. The van der Waals surface area contributed by atoms with E-state index in [2.05, 4.69) is 75.9 Å². The Morgan fingerprint density at radius 2 is 1.14 bits per heavy atom. The molecular weight excluding hydrogens is 712 g/mol. The van der Waals surface area contributed by atoms with Gasteiger partial charge in [0.15, 0.2) is 10.9 Å². The van der Waals surface area contributed by atoms with Crippen molar-refractivity contribution in [3.05, 3.63) is 99.0 Å². The van der Waals surface area contributed by atoms with Crippen molar-refractivity contribution >= 4 is 139 Å². The largest absolute Gasteiger partial charge is 0.289 e. The molecule has 0 aliphatic heterocycles. The molecule has 0 N–H and O–H groups in total. The van der Waals surface area contributed by atoms with Crippen LogP contribution < -0.4 is 10.9 Å². The highest BCUT2D eigenvalue weighted by atomic mass is 79.9. The third-order valence-corrected chi connectivity index (χ3v) is 10.8. The van der Waals surface area contributed by atoms with Crippen molar-refractivity contribution in [2.75, 3.05) is 0 Å². The first kappa shape index (κ1) is 21.7. The molecule has 0 aliphatic carbocycles. The van der Waals surface area contributed by atoms with E-state index < -0.39 is 0 Å². The van der Waals surface area contributed by atoms with Crippen LogP contribution in [-0.4, -0.2) is 0 Å². The molecule has 0 aliphatic rings. The van der Waals surface area contributed by atoms with Gasteiger partial charge in [-0.1, -0.05) is 46.3 Å². The van der Waals surface area contributed by atoms with E-state index in [4.69, 9.17) is 0 Å². The zero-order chi connectivity index (χ0) is 24.6. The van der Waals surface area contributed by atoms with Crippen molar-refractivity contribution in [2.24, 2.45) is 0 Å². The molecule has 0 amide bonds. The van der Waals surface area contributed by atoms with Crippen LogP contribution in [-0.2, 0) is 0 Å². The molecule has 0 atom stereocenters. The fraction of sp³-hybridized carbons (Fsp3) is 0. The predicted octanol–water partition coefficient (Wildman–Crippen LogP) is 9.84. The quantitative estimate of drug-likeness (QED) is 0.115. The number of halogens is 4. The van der Waals surface area contributed by atoms with Gasteiger partial charge in [-0.25, -0.2) is 0 Å². The van der Waals surface area contributed by atoms with E-state index in [1.165, 1.54) is 0 Å². The lowest BCUT2D eigenvalue weighted by molar-refractivity contribution is 1.64. The van der Waals surface area contributed by atoms with E-state index in [1.54, 1.807) is 0 Å². The third-order valence-electron chi connectivity index (χ3n) is 7.54. The Bertz CT molecular complexity index is 2400. The Hall–Kier alpha value is -2.38. The molecule has 0 unspecified atom stereocenters. The Morgan fingerprint density at radius 3 is 1.94 bits per heavy atom. The van der Waals surface area contributed by atoms with E-state index in [0.29, 0.717) is 16.2 Å². The predicted molar refractivity (Wildman–Crippen MR) is 166 cm³/mol. The zero-order valence-electron chi connectivity index (χ0n) is 18.1. The number of rotatable bonds is 0. The van der Waals surface area contributed by atoms with Gasteiger partial charge in [0, 0.05) is 50.2 Å². The van der Waals surface area contributed by atoms with Gasteiger partial charge in [-0.3, -0.25) is 9.59 Å². The average Bonchev–Trinajstić information content (AvgIpc) is 2.87. The summed E-state index contributed by atoms with van der Waals surface area (Å²) in [4.78, 5) is 27.6. The van der Waals surface area contributed by atoms with Gasteiger partial charge < -0.3 is 0 Å². The van der Waals surface area contributed by atoms with Crippen molar-refractivity contribution in [2.45, 2.75) is 0 Å². The van der Waals surface area contributed by atoms with E-state index in [-0.39, 0.29) is 10.9 Å². The summed E-state index contributed by atoms with van der Waals surface area (Å²) in [7, 11) is 0. The summed E-state index contributed by atoms with van der Waals surface area (Å²) in [6.45, 7) is 0. The molecule has 0 saturated heterocycles. The highest BCUT2D eigenvalue weighted by Gasteiger charge is 2.25. The molecule has 0 heterocycles. The van der Waals surface area contributed by atoms with E-state index in [9.17, 15) is 9.59 Å². The summed E-state index contributed by atoms with van der Waals surface area (Å²) in [6, 6.07) is 20.1. The second-order valence-corrected chi connectivity index (χ2v) is 12.6. The second-order valence-electron chi connectivity index (χ2n) is 9.25. The van der Waals surface area contributed by atoms with Crippen LogP contribution in [0.2, 0.25) is 0 Å². The number of hydrogen-bond donors (Lipinski definition) is 0. The highest BCUT2D eigenvalue weighted by molar-refractivity contribution is 9.13. The van der Waals surface area contributed by atoms with Crippen LogP contribution in [0.15, 0.2) is 88.1 Å². The fourth-order valence-corrected chi connectivity index (χ4v) is 8.64. The molecule has 2 nitrogen and oxygen atoms in total. The Morgan fingerprint density at radius 1 is 0.444 bits per heavy atom. The van der Waals surface area contributed by atoms with Crippen molar-refractivity contribution in [3.63, 3.8) is 0 Å². The van der Waals surface area contributed by atoms with Gasteiger partial charge in [-0.05, 0) is 121 Å². The Balaban J connectivity index is 1.83. The van der Waals surface area contributed by atoms with Gasteiger partial charge in [0.25, 0.3) is 0 Å². The maximum Gasteiger partial charge on any atom is 0.196 e. The van der Waals surface area contributed by atoms with E-state index in [1.807, 2.05) is 48.5 Å². The standard InChI is InChI=1S/C30H10Br4O2/c31-12-8-17-16-7-11-5-6-15-22-18(13-3-1-2-4-14(13)29(15)35)10-19-25(21(11)22)24(16)26(28(34)27(19)33)30(36)23(17)20(32)9-12/h1-10H. The highest BCUT2D eigenvalue weighted by Crippen LogP contribution is 2.50.